The van der Waals surface area contributed by atoms with E-state index in [-0.39, 0.29) is 28.4 Å². The minimum atomic E-state index is -0.316. The Kier molecular flexibility index (Phi) is 4.10. The van der Waals surface area contributed by atoms with Gasteiger partial charge in [0.05, 0.1) is 17.3 Å². The molecule has 2 aromatic carbocycles. The van der Waals surface area contributed by atoms with Gasteiger partial charge in [0.2, 0.25) is 5.43 Å². The molecule has 1 saturated carbocycles. The van der Waals surface area contributed by atoms with Crippen LogP contribution >= 0.6 is 0 Å². The van der Waals surface area contributed by atoms with E-state index < -0.39 is 0 Å². The number of aromatic nitrogens is 3. The van der Waals surface area contributed by atoms with Crippen LogP contribution in [-0.4, -0.2) is 27.3 Å². The van der Waals surface area contributed by atoms with E-state index in [1.807, 2.05) is 60.1 Å². The molecule has 0 spiro atoms. The zero-order valence-corrected chi connectivity index (χ0v) is 16.3. The summed E-state index contributed by atoms with van der Waals surface area (Å²) < 4.78 is 8.88. The van der Waals surface area contributed by atoms with Crippen molar-refractivity contribution in [2.75, 3.05) is 7.11 Å². The Morgan fingerprint density at radius 3 is 2.41 bits per heavy atom. The summed E-state index contributed by atoms with van der Waals surface area (Å²) in [5.41, 5.74) is 1.33. The normalized spacial score (nSPS) is 18.8. The molecule has 2 heterocycles. The van der Waals surface area contributed by atoms with Crippen molar-refractivity contribution in [3.8, 4) is 5.69 Å². The molecule has 0 amide bonds. The molecular weight excluding hydrogens is 366 g/mol. The van der Waals surface area contributed by atoms with Gasteiger partial charge in [-0.2, -0.15) is 0 Å². The predicted molar refractivity (Wildman–Crippen MR) is 113 cm³/mol. The van der Waals surface area contributed by atoms with Crippen LogP contribution in [-0.2, 0) is 11.8 Å². The first-order chi connectivity index (χ1) is 14.1. The second kappa shape index (κ2) is 6.67. The maximum absolute atomic E-state index is 13.6. The first-order valence-corrected chi connectivity index (χ1v) is 9.72. The van der Waals surface area contributed by atoms with Crippen molar-refractivity contribution < 1.29 is 4.74 Å². The van der Waals surface area contributed by atoms with Gasteiger partial charge >= 0.3 is 0 Å². The average Bonchev–Trinajstić information content (AvgIpc) is 2.71. The van der Waals surface area contributed by atoms with Crippen molar-refractivity contribution in [1.29, 1.82) is 0 Å². The lowest BCUT2D eigenvalue weighted by Crippen LogP contribution is -2.36. The Hall–Kier alpha value is -3.25. The van der Waals surface area contributed by atoms with Crippen LogP contribution in [0.15, 0.2) is 64.2 Å². The van der Waals surface area contributed by atoms with Gasteiger partial charge < -0.3 is 9.30 Å². The first kappa shape index (κ1) is 17.8. The lowest BCUT2D eigenvalue weighted by molar-refractivity contribution is 0.0231. The third-order valence-electron chi connectivity index (χ3n) is 5.95. The Balaban J connectivity index is 1.90. The van der Waals surface area contributed by atoms with Crippen molar-refractivity contribution >= 4 is 21.9 Å². The molecule has 0 saturated heterocycles. The number of fused-ring (bicyclic) bond motifs is 2. The van der Waals surface area contributed by atoms with Crippen LogP contribution in [0.25, 0.3) is 27.6 Å². The SMILES string of the molecule is COC1CC(c2nc3c(c(=O)c4ccccc4n3C)c(=O)n2-c2ccccc2)C1. The minimum absolute atomic E-state index is 0.110. The fourth-order valence-electron chi connectivity index (χ4n) is 4.24. The summed E-state index contributed by atoms with van der Waals surface area (Å²) in [4.78, 5) is 31.7. The molecule has 1 aliphatic rings. The summed E-state index contributed by atoms with van der Waals surface area (Å²) in [6, 6.07) is 16.7. The van der Waals surface area contributed by atoms with E-state index in [0.29, 0.717) is 16.9 Å². The van der Waals surface area contributed by atoms with Crippen molar-refractivity contribution in [3.05, 3.63) is 81.0 Å². The van der Waals surface area contributed by atoms with Crippen LogP contribution in [0.1, 0.15) is 24.6 Å². The highest BCUT2D eigenvalue weighted by Gasteiger charge is 2.35. The van der Waals surface area contributed by atoms with Crippen molar-refractivity contribution in [2.24, 2.45) is 7.05 Å². The van der Waals surface area contributed by atoms with Crippen LogP contribution in [0, 0.1) is 0 Å². The Morgan fingerprint density at radius 2 is 1.69 bits per heavy atom. The van der Waals surface area contributed by atoms with Crippen LogP contribution in [0.5, 0.6) is 0 Å². The van der Waals surface area contributed by atoms with Crippen LogP contribution in [0.4, 0.5) is 0 Å². The zero-order valence-electron chi connectivity index (χ0n) is 16.3. The number of methoxy groups -OCH3 is 1. The summed E-state index contributed by atoms with van der Waals surface area (Å²) >= 11 is 0. The van der Waals surface area contributed by atoms with Gasteiger partial charge in [0.1, 0.15) is 11.2 Å². The third kappa shape index (κ3) is 2.63. The molecule has 6 heteroatoms. The lowest BCUT2D eigenvalue weighted by atomic mass is 9.81. The second-order valence-electron chi connectivity index (χ2n) is 7.58. The molecule has 146 valence electrons. The molecule has 0 N–H and O–H groups in total. The number of ether oxygens (including phenoxy) is 1. The minimum Gasteiger partial charge on any atom is -0.381 e. The van der Waals surface area contributed by atoms with Gasteiger partial charge in [0, 0.05) is 25.5 Å². The average molecular weight is 387 g/mol. The summed E-state index contributed by atoms with van der Waals surface area (Å²) in [6.07, 6.45) is 1.79. The number of nitrogens with zero attached hydrogens (tertiary/aromatic N) is 3. The number of rotatable bonds is 3. The van der Waals surface area contributed by atoms with Gasteiger partial charge in [-0.25, -0.2) is 4.98 Å². The summed E-state index contributed by atoms with van der Waals surface area (Å²) in [6.45, 7) is 0. The van der Waals surface area contributed by atoms with E-state index in [9.17, 15) is 9.59 Å². The summed E-state index contributed by atoms with van der Waals surface area (Å²) in [5, 5.41) is 0.651. The molecule has 0 unspecified atom stereocenters. The predicted octanol–water partition coefficient (Wildman–Crippen LogP) is 3.13. The molecule has 2 aromatic heterocycles. The van der Waals surface area contributed by atoms with E-state index in [4.69, 9.17) is 9.72 Å². The topological polar surface area (TPSA) is 66.1 Å². The number of hydrogen-bond donors (Lipinski definition) is 0. The molecule has 0 atom stereocenters. The van der Waals surface area contributed by atoms with Crippen molar-refractivity contribution in [3.63, 3.8) is 0 Å². The van der Waals surface area contributed by atoms with E-state index >= 15 is 0 Å². The van der Waals surface area contributed by atoms with Gasteiger partial charge in [-0.3, -0.25) is 14.2 Å². The van der Waals surface area contributed by atoms with Crippen molar-refractivity contribution in [2.45, 2.75) is 24.9 Å². The second-order valence-corrected chi connectivity index (χ2v) is 7.58. The van der Waals surface area contributed by atoms with Gasteiger partial charge in [-0.15, -0.1) is 0 Å². The Labute approximate surface area is 167 Å². The molecule has 4 aromatic rings. The van der Waals surface area contributed by atoms with Crippen LogP contribution < -0.4 is 11.0 Å². The summed E-state index contributed by atoms with van der Waals surface area (Å²) in [5.74, 6) is 0.797. The van der Waals surface area contributed by atoms with Gasteiger partial charge in [-0.1, -0.05) is 30.3 Å². The highest BCUT2D eigenvalue weighted by Crippen LogP contribution is 2.38. The molecule has 29 heavy (non-hydrogen) atoms. The highest BCUT2D eigenvalue weighted by atomic mass is 16.5. The summed E-state index contributed by atoms with van der Waals surface area (Å²) in [7, 11) is 3.56. The number of benzene rings is 2. The fraction of sp³-hybridized carbons (Fsp3) is 0.261. The van der Waals surface area contributed by atoms with Crippen LogP contribution in [0.3, 0.4) is 0 Å². The Bertz CT molecular complexity index is 1350. The third-order valence-corrected chi connectivity index (χ3v) is 5.95. The van der Waals surface area contributed by atoms with E-state index in [1.54, 1.807) is 17.7 Å². The largest absolute Gasteiger partial charge is 0.381 e. The lowest BCUT2D eigenvalue weighted by Gasteiger charge is -2.34. The standard InChI is InChI=1S/C23H21N3O3/c1-25-18-11-7-6-10-17(18)20(27)19-22(25)24-21(14-12-16(13-14)29-2)26(23(19)28)15-8-4-3-5-9-15/h3-11,14,16H,12-13H2,1-2H3. The quantitative estimate of drug-likeness (QED) is 0.507. The van der Waals surface area contributed by atoms with Gasteiger partial charge in [0.25, 0.3) is 5.56 Å². The van der Waals surface area contributed by atoms with E-state index in [0.717, 1.165) is 24.0 Å². The molecule has 0 radical (unpaired) electrons. The molecule has 5 rings (SSSR count). The highest BCUT2D eigenvalue weighted by molar-refractivity contribution is 5.91. The molecule has 6 nitrogen and oxygen atoms in total. The fourth-order valence-corrected chi connectivity index (χ4v) is 4.24. The molecule has 0 aliphatic heterocycles. The van der Waals surface area contributed by atoms with Gasteiger partial charge in [0.15, 0.2) is 5.65 Å². The Morgan fingerprint density at radius 1 is 1.00 bits per heavy atom. The van der Waals surface area contributed by atoms with Crippen LogP contribution in [0.2, 0.25) is 0 Å². The van der Waals surface area contributed by atoms with Crippen molar-refractivity contribution in [1.82, 2.24) is 14.1 Å². The van der Waals surface area contributed by atoms with E-state index in [1.165, 1.54) is 0 Å². The van der Waals surface area contributed by atoms with E-state index in [2.05, 4.69) is 0 Å². The molecule has 0 bridgehead atoms. The zero-order chi connectivity index (χ0) is 20.1. The maximum Gasteiger partial charge on any atom is 0.271 e. The molecule has 1 fully saturated rings. The number of aryl methyl sites for hydroxylation is 1. The first-order valence-electron chi connectivity index (χ1n) is 9.72. The van der Waals surface area contributed by atoms with Gasteiger partial charge in [-0.05, 0) is 37.1 Å². The smallest absolute Gasteiger partial charge is 0.271 e. The maximum atomic E-state index is 13.6. The number of pyridine rings is 1. The molecular formula is C23H21N3O3. The molecule has 1 aliphatic carbocycles. The monoisotopic (exact) mass is 387 g/mol. The number of hydrogen-bond acceptors (Lipinski definition) is 4. The number of para-hydroxylation sites is 2.